The fourth-order valence-electron chi connectivity index (χ4n) is 5.17. The molecule has 216 valence electrons. The summed E-state index contributed by atoms with van der Waals surface area (Å²) in [5.74, 6) is 1.33. The van der Waals surface area contributed by atoms with Crippen LogP contribution < -0.4 is 19.7 Å². The summed E-state index contributed by atoms with van der Waals surface area (Å²) < 4.78 is 10.9. The molecule has 1 atom stereocenters. The molecule has 0 aliphatic carbocycles. The summed E-state index contributed by atoms with van der Waals surface area (Å²) in [6.07, 6.45) is 1.86. The van der Waals surface area contributed by atoms with Gasteiger partial charge in [-0.2, -0.15) is 0 Å². The molecule has 2 aromatic carbocycles. The summed E-state index contributed by atoms with van der Waals surface area (Å²) in [5, 5.41) is 3.44. The smallest absolute Gasteiger partial charge is 0.252 e. The predicted octanol–water partition coefficient (Wildman–Crippen LogP) is 3.84. The van der Waals surface area contributed by atoms with Crippen molar-refractivity contribution >= 4 is 40.5 Å². The Morgan fingerprint density at radius 2 is 1.65 bits per heavy atom. The number of nitrogens with zero attached hydrogens (tertiary/aromatic N) is 4. The van der Waals surface area contributed by atoms with Crippen LogP contribution in [-0.4, -0.2) is 97.2 Å². The Morgan fingerprint density at radius 3 is 2.27 bits per heavy atom. The van der Waals surface area contributed by atoms with Crippen molar-refractivity contribution in [3.05, 3.63) is 48.5 Å². The Hall–Kier alpha value is -3.37. The van der Waals surface area contributed by atoms with Crippen LogP contribution in [0.15, 0.2) is 48.5 Å². The van der Waals surface area contributed by atoms with Crippen LogP contribution in [0.25, 0.3) is 0 Å². The number of nitrogens with one attached hydrogen (secondary N) is 1. The van der Waals surface area contributed by atoms with E-state index in [1.54, 1.807) is 12.0 Å². The van der Waals surface area contributed by atoms with Crippen LogP contribution in [0, 0.1) is 0 Å². The summed E-state index contributed by atoms with van der Waals surface area (Å²) in [5.41, 5.74) is 1.89. The molecule has 0 spiro atoms. The Balaban J connectivity index is 1.27. The van der Waals surface area contributed by atoms with Gasteiger partial charge in [0.2, 0.25) is 5.91 Å². The molecule has 2 heterocycles. The number of likely N-dealkylation sites (N-methyl/N-ethyl adjacent to an activating group) is 1. The van der Waals surface area contributed by atoms with Crippen LogP contribution >= 0.6 is 12.2 Å². The SMILES string of the molecule is CCCOc1ccc(NC(=O)CC2C(=O)N(CC)C(=S)N2CCCN2CCN(c3ccc(OC)cc3)CC2)cc1. The fraction of sp³-hybridized carbons (Fsp3) is 0.500. The number of benzene rings is 2. The average Bonchev–Trinajstić information content (AvgIpc) is 3.20. The fourth-order valence-corrected chi connectivity index (χ4v) is 5.60. The molecule has 2 aliphatic heterocycles. The lowest BCUT2D eigenvalue weighted by molar-refractivity contribution is -0.130. The first-order chi connectivity index (χ1) is 19.4. The first-order valence-electron chi connectivity index (χ1n) is 14.2. The van der Waals surface area contributed by atoms with Gasteiger partial charge in [0.05, 0.1) is 20.1 Å². The third-order valence-electron chi connectivity index (χ3n) is 7.39. The topological polar surface area (TPSA) is 77.6 Å². The van der Waals surface area contributed by atoms with Gasteiger partial charge in [0.15, 0.2) is 5.11 Å². The molecule has 2 aromatic rings. The number of amides is 2. The van der Waals surface area contributed by atoms with Gasteiger partial charge in [-0.3, -0.25) is 19.4 Å². The van der Waals surface area contributed by atoms with Crippen molar-refractivity contribution in [2.75, 3.05) is 69.7 Å². The van der Waals surface area contributed by atoms with E-state index in [0.29, 0.717) is 30.5 Å². The number of carbonyl (C=O) groups excluding carboxylic acids is 2. The van der Waals surface area contributed by atoms with Crippen molar-refractivity contribution < 1.29 is 19.1 Å². The van der Waals surface area contributed by atoms with Crippen LogP contribution in [0.3, 0.4) is 0 Å². The Labute approximate surface area is 243 Å². The van der Waals surface area contributed by atoms with Crippen molar-refractivity contribution in [2.24, 2.45) is 0 Å². The Bertz CT molecular complexity index is 1140. The van der Waals surface area contributed by atoms with Crippen LogP contribution in [0.1, 0.15) is 33.1 Å². The van der Waals surface area contributed by atoms with Crippen LogP contribution in [0.5, 0.6) is 11.5 Å². The van der Waals surface area contributed by atoms with Crippen molar-refractivity contribution in [3.63, 3.8) is 0 Å². The quantitative estimate of drug-likeness (QED) is 0.366. The lowest BCUT2D eigenvalue weighted by Crippen LogP contribution is -2.47. The highest BCUT2D eigenvalue weighted by Gasteiger charge is 2.42. The van der Waals surface area contributed by atoms with Gasteiger partial charge in [-0.05, 0) is 87.1 Å². The summed E-state index contributed by atoms with van der Waals surface area (Å²) >= 11 is 5.66. The van der Waals surface area contributed by atoms with E-state index in [2.05, 4.69) is 34.2 Å². The van der Waals surface area contributed by atoms with Crippen molar-refractivity contribution in [2.45, 2.75) is 39.2 Å². The van der Waals surface area contributed by atoms with Gasteiger partial charge in [-0.25, -0.2) is 0 Å². The monoisotopic (exact) mass is 567 g/mol. The van der Waals surface area contributed by atoms with Gasteiger partial charge < -0.3 is 24.6 Å². The average molecular weight is 568 g/mol. The third kappa shape index (κ3) is 7.42. The van der Waals surface area contributed by atoms with E-state index in [1.165, 1.54) is 5.69 Å². The van der Waals surface area contributed by atoms with E-state index in [-0.39, 0.29) is 18.2 Å². The molecule has 1 N–H and O–H groups in total. The highest BCUT2D eigenvalue weighted by molar-refractivity contribution is 7.80. The van der Waals surface area contributed by atoms with E-state index < -0.39 is 6.04 Å². The molecule has 0 bridgehead atoms. The van der Waals surface area contributed by atoms with Crippen molar-refractivity contribution in [1.82, 2.24) is 14.7 Å². The molecule has 2 amide bonds. The number of rotatable bonds is 13. The van der Waals surface area contributed by atoms with Gasteiger partial charge in [0, 0.05) is 50.6 Å². The summed E-state index contributed by atoms with van der Waals surface area (Å²) in [6, 6.07) is 14.9. The molecule has 2 saturated heterocycles. The van der Waals surface area contributed by atoms with E-state index in [0.717, 1.165) is 57.1 Å². The highest BCUT2D eigenvalue weighted by Crippen LogP contribution is 2.24. The van der Waals surface area contributed by atoms with Gasteiger partial charge in [-0.15, -0.1) is 0 Å². The van der Waals surface area contributed by atoms with Crippen LogP contribution in [-0.2, 0) is 9.59 Å². The third-order valence-corrected chi connectivity index (χ3v) is 7.85. The minimum Gasteiger partial charge on any atom is -0.497 e. The van der Waals surface area contributed by atoms with Crippen LogP contribution in [0.4, 0.5) is 11.4 Å². The molecule has 2 fully saturated rings. The molecular weight excluding hydrogens is 526 g/mol. The minimum absolute atomic E-state index is 0.0596. The zero-order chi connectivity index (χ0) is 28.5. The molecule has 0 radical (unpaired) electrons. The molecule has 2 aliphatic rings. The number of methoxy groups -OCH3 is 1. The number of hydrogen-bond donors (Lipinski definition) is 1. The highest BCUT2D eigenvalue weighted by atomic mass is 32.1. The lowest BCUT2D eigenvalue weighted by atomic mass is 10.1. The largest absolute Gasteiger partial charge is 0.497 e. The van der Waals surface area contributed by atoms with E-state index in [1.807, 2.05) is 48.2 Å². The summed E-state index contributed by atoms with van der Waals surface area (Å²) in [6.45, 7) is 10.6. The van der Waals surface area contributed by atoms with E-state index >= 15 is 0 Å². The second kappa shape index (κ2) is 14.3. The molecule has 4 rings (SSSR count). The minimum atomic E-state index is -0.577. The summed E-state index contributed by atoms with van der Waals surface area (Å²) in [4.78, 5) is 34.5. The van der Waals surface area contributed by atoms with Gasteiger partial charge >= 0.3 is 0 Å². The number of carbonyl (C=O) groups is 2. The molecular formula is C30H41N5O4S. The standard InChI is InChI=1S/C30H41N5O4S/c1-4-21-39-26-11-7-23(8-12-26)31-28(36)22-27-29(37)34(5-2)30(40)35(27)16-6-15-32-17-19-33(20-18-32)24-9-13-25(38-3)14-10-24/h7-14,27H,4-6,15-22H2,1-3H3,(H,31,36). The van der Waals surface area contributed by atoms with Gasteiger partial charge in [0.1, 0.15) is 17.5 Å². The molecule has 40 heavy (non-hydrogen) atoms. The maximum Gasteiger partial charge on any atom is 0.252 e. The number of thiocarbonyl (C=S) groups is 1. The molecule has 1 unspecified atom stereocenters. The first kappa shape index (κ1) is 29.6. The number of piperazine rings is 1. The zero-order valence-corrected chi connectivity index (χ0v) is 24.6. The maximum atomic E-state index is 13.1. The molecule has 9 nitrogen and oxygen atoms in total. The van der Waals surface area contributed by atoms with E-state index in [4.69, 9.17) is 21.7 Å². The maximum absolute atomic E-state index is 13.1. The molecule has 0 aromatic heterocycles. The normalized spacial score (nSPS) is 17.9. The second-order valence-electron chi connectivity index (χ2n) is 10.1. The lowest BCUT2D eigenvalue weighted by Gasteiger charge is -2.36. The Morgan fingerprint density at radius 1 is 0.975 bits per heavy atom. The number of hydrogen-bond acceptors (Lipinski definition) is 7. The zero-order valence-electron chi connectivity index (χ0n) is 23.8. The molecule has 10 heteroatoms. The number of anilines is 2. The van der Waals surface area contributed by atoms with Crippen molar-refractivity contribution in [1.29, 1.82) is 0 Å². The number of ether oxygens (including phenoxy) is 2. The summed E-state index contributed by atoms with van der Waals surface area (Å²) in [7, 11) is 1.68. The van der Waals surface area contributed by atoms with Gasteiger partial charge in [0.25, 0.3) is 5.91 Å². The van der Waals surface area contributed by atoms with E-state index in [9.17, 15) is 9.59 Å². The van der Waals surface area contributed by atoms with Gasteiger partial charge in [-0.1, -0.05) is 6.92 Å². The first-order valence-corrected chi connectivity index (χ1v) is 14.6. The predicted molar refractivity (Wildman–Crippen MR) is 162 cm³/mol. The van der Waals surface area contributed by atoms with Crippen LogP contribution in [0.2, 0.25) is 0 Å². The Kier molecular flexibility index (Phi) is 10.6. The molecule has 0 saturated carbocycles. The second-order valence-corrected chi connectivity index (χ2v) is 10.4. The van der Waals surface area contributed by atoms with Crippen molar-refractivity contribution in [3.8, 4) is 11.5 Å².